The standard InChI is InChI=1S/C13H20N4O/c1-9-6-12(10(2)17-16-9)13(18)15-8-11-4-3-5-14-7-11/h6,11,14H,3-5,7-8H2,1-2H3,(H,15,18). The Bertz CT molecular complexity index is 427. The van der Waals surface area contributed by atoms with Crippen LogP contribution in [0.15, 0.2) is 6.07 Å². The van der Waals surface area contributed by atoms with Crippen LogP contribution < -0.4 is 10.6 Å². The molecule has 5 heteroatoms. The van der Waals surface area contributed by atoms with Gasteiger partial charge in [-0.3, -0.25) is 4.79 Å². The average molecular weight is 248 g/mol. The molecule has 1 amide bonds. The number of nitrogens with zero attached hydrogens (tertiary/aromatic N) is 2. The minimum atomic E-state index is -0.0453. The molecule has 1 aliphatic heterocycles. The van der Waals surface area contributed by atoms with E-state index in [0.29, 0.717) is 17.2 Å². The smallest absolute Gasteiger partial charge is 0.253 e. The van der Waals surface area contributed by atoms with Gasteiger partial charge in [-0.15, -0.1) is 0 Å². The average Bonchev–Trinajstić information content (AvgIpc) is 2.40. The first kappa shape index (κ1) is 13.0. The first-order valence-electron chi connectivity index (χ1n) is 6.46. The fourth-order valence-electron chi connectivity index (χ4n) is 2.21. The Hall–Kier alpha value is -1.49. The molecule has 1 aromatic rings. The number of piperidine rings is 1. The Morgan fingerprint density at radius 1 is 1.50 bits per heavy atom. The van der Waals surface area contributed by atoms with Gasteiger partial charge in [-0.2, -0.15) is 10.2 Å². The quantitative estimate of drug-likeness (QED) is 0.831. The molecule has 1 aliphatic rings. The second-order valence-electron chi connectivity index (χ2n) is 4.91. The molecule has 0 bridgehead atoms. The molecule has 2 N–H and O–H groups in total. The van der Waals surface area contributed by atoms with E-state index in [1.165, 1.54) is 12.8 Å². The molecule has 18 heavy (non-hydrogen) atoms. The monoisotopic (exact) mass is 248 g/mol. The lowest BCUT2D eigenvalue weighted by atomic mass is 9.99. The number of hydrogen-bond acceptors (Lipinski definition) is 4. The van der Waals surface area contributed by atoms with Crippen molar-refractivity contribution in [3.05, 3.63) is 23.0 Å². The topological polar surface area (TPSA) is 66.9 Å². The lowest BCUT2D eigenvalue weighted by Crippen LogP contribution is -2.38. The fraction of sp³-hybridized carbons (Fsp3) is 0.615. The predicted molar refractivity (Wildman–Crippen MR) is 69.4 cm³/mol. The highest BCUT2D eigenvalue weighted by atomic mass is 16.1. The highest BCUT2D eigenvalue weighted by molar-refractivity contribution is 5.95. The number of amides is 1. The number of aromatic nitrogens is 2. The normalized spacial score (nSPS) is 19.6. The molecule has 98 valence electrons. The second-order valence-corrected chi connectivity index (χ2v) is 4.91. The number of carbonyl (C=O) groups is 1. The van der Waals surface area contributed by atoms with Crippen LogP contribution in [0.1, 0.15) is 34.6 Å². The Kier molecular flexibility index (Phi) is 4.25. The zero-order chi connectivity index (χ0) is 13.0. The zero-order valence-corrected chi connectivity index (χ0v) is 11.0. The van der Waals surface area contributed by atoms with E-state index in [2.05, 4.69) is 20.8 Å². The summed E-state index contributed by atoms with van der Waals surface area (Å²) in [5.41, 5.74) is 2.08. The van der Waals surface area contributed by atoms with E-state index in [9.17, 15) is 4.79 Å². The van der Waals surface area contributed by atoms with Gasteiger partial charge in [0, 0.05) is 6.54 Å². The van der Waals surface area contributed by atoms with Crippen LogP contribution in [0.2, 0.25) is 0 Å². The van der Waals surface area contributed by atoms with E-state index in [1.807, 2.05) is 13.8 Å². The Labute approximate surface area is 107 Å². The molecule has 1 saturated heterocycles. The second kappa shape index (κ2) is 5.91. The number of nitrogens with one attached hydrogen (secondary N) is 2. The fourth-order valence-corrected chi connectivity index (χ4v) is 2.21. The summed E-state index contributed by atoms with van der Waals surface area (Å²) in [6.45, 7) is 6.47. The largest absolute Gasteiger partial charge is 0.352 e. The molecule has 2 rings (SSSR count). The van der Waals surface area contributed by atoms with Gasteiger partial charge in [-0.05, 0) is 51.8 Å². The predicted octanol–water partition coefficient (Wildman–Crippen LogP) is 0.823. The van der Waals surface area contributed by atoms with Gasteiger partial charge >= 0.3 is 0 Å². The molecule has 0 saturated carbocycles. The Balaban J connectivity index is 1.92. The summed E-state index contributed by atoms with van der Waals surface area (Å²) in [5, 5.41) is 14.2. The summed E-state index contributed by atoms with van der Waals surface area (Å²) in [4.78, 5) is 12.1. The van der Waals surface area contributed by atoms with Crippen LogP contribution in [0.4, 0.5) is 0 Å². The third kappa shape index (κ3) is 3.26. The van der Waals surface area contributed by atoms with Crippen LogP contribution >= 0.6 is 0 Å². The van der Waals surface area contributed by atoms with Crippen molar-refractivity contribution in [3.8, 4) is 0 Å². The van der Waals surface area contributed by atoms with Gasteiger partial charge in [0.2, 0.25) is 0 Å². The maximum absolute atomic E-state index is 12.1. The van der Waals surface area contributed by atoms with E-state index in [0.717, 1.165) is 25.3 Å². The molecule has 1 fully saturated rings. The minimum absolute atomic E-state index is 0.0453. The first-order valence-corrected chi connectivity index (χ1v) is 6.46. The number of rotatable bonds is 3. The number of carbonyl (C=O) groups excluding carboxylic acids is 1. The minimum Gasteiger partial charge on any atom is -0.352 e. The summed E-state index contributed by atoms with van der Waals surface area (Å²) in [7, 11) is 0. The Morgan fingerprint density at radius 3 is 3.06 bits per heavy atom. The molecule has 2 heterocycles. The molecule has 5 nitrogen and oxygen atoms in total. The molecule has 0 radical (unpaired) electrons. The van der Waals surface area contributed by atoms with Gasteiger partial charge in [0.15, 0.2) is 0 Å². The van der Waals surface area contributed by atoms with E-state index in [1.54, 1.807) is 6.07 Å². The molecule has 0 aliphatic carbocycles. The zero-order valence-electron chi connectivity index (χ0n) is 11.0. The molecule has 1 unspecified atom stereocenters. The Morgan fingerprint density at radius 2 is 2.33 bits per heavy atom. The van der Waals surface area contributed by atoms with Gasteiger partial charge in [0.05, 0.1) is 17.0 Å². The van der Waals surface area contributed by atoms with Crippen LogP contribution in [0.3, 0.4) is 0 Å². The van der Waals surface area contributed by atoms with E-state index < -0.39 is 0 Å². The van der Waals surface area contributed by atoms with Gasteiger partial charge in [0.1, 0.15) is 0 Å². The summed E-state index contributed by atoms with van der Waals surface area (Å²) in [6, 6.07) is 1.79. The SMILES string of the molecule is Cc1cc(C(=O)NCC2CCCNC2)c(C)nn1. The molecular formula is C13H20N4O. The van der Waals surface area contributed by atoms with E-state index in [4.69, 9.17) is 0 Å². The van der Waals surface area contributed by atoms with E-state index in [-0.39, 0.29) is 5.91 Å². The van der Waals surface area contributed by atoms with Crippen molar-refractivity contribution >= 4 is 5.91 Å². The molecule has 0 aromatic carbocycles. The number of aryl methyl sites for hydroxylation is 2. The van der Waals surface area contributed by atoms with Crippen LogP contribution in [-0.4, -0.2) is 35.7 Å². The van der Waals surface area contributed by atoms with Crippen molar-refractivity contribution < 1.29 is 4.79 Å². The summed E-state index contributed by atoms with van der Waals surface area (Å²) in [5.74, 6) is 0.495. The van der Waals surface area contributed by atoms with Gasteiger partial charge < -0.3 is 10.6 Å². The first-order chi connectivity index (χ1) is 8.66. The van der Waals surface area contributed by atoms with E-state index >= 15 is 0 Å². The lowest BCUT2D eigenvalue weighted by Gasteiger charge is -2.22. The van der Waals surface area contributed by atoms with Crippen molar-refractivity contribution in [3.63, 3.8) is 0 Å². The highest BCUT2D eigenvalue weighted by Crippen LogP contribution is 2.09. The van der Waals surface area contributed by atoms with Crippen molar-refractivity contribution in [2.75, 3.05) is 19.6 Å². The van der Waals surface area contributed by atoms with Gasteiger partial charge in [-0.25, -0.2) is 0 Å². The van der Waals surface area contributed by atoms with Crippen molar-refractivity contribution in [1.29, 1.82) is 0 Å². The molecule has 1 atom stereocenters. The van der Waals surface area contributed by atoms with Crippen LogP contribution in [0, 0.1) is 19.8 Å². The van der Waals surface area contributed by atoms with Gasteiger partial charge in [-0.1, -0.05) is 0 Å². The maximum atomic E-state index is 12.1. The van der Waals surface area contributed by atoms with Gasteiger partial charge in [0.25, 0.3) is 5.91 Å². The number of hydrogen-bond donors (Lipinski definition) is 2. The molecule has 0 spiro atoms. The van der Waals surface area contributed by atoms with Crippen molar-refractivity contribution in [2.24, 2.45) is 5.92 Å². The van der Waals surface area contributed by atoms with Crippen LogP contribution in [0.5, 0.6) is 0 Å². The maximum Gasteiger partial charge on any atom is 0.253 e. The lowest BCUT2D eigenvalue weighted by molar-refractivity contribution is 0.0943. The van der Waals surface area contributed by atoms with Crippen molar-refractivity contribution in [2.45, 2.75) is 26.7 Å². The van der Waals surface area contributed by atoms with Crippen molar-refractivity contribution in [1.82, 2.24) is 20.8 Å². The summed E-state index contributed by atoms with van der Waals surface area (Å²) >= 11 is 0. The third-order valence-electron chi connectivity index (χ3n) is 3.30. The highest BCUT2D eigenvalue weighted by Gasteiger charge is 2.16. The third-order valence-corrected chi connectivity index (χ3v) is 3.30. The summed E-state index contributed by atoms with van der Waals surface area (Å²) in [6.07, 6.45) is 2.37. The molecular weight excluding hydrogens is 228 g/mol. The molecule has 1 aromatic heterocycles. The summed E-state index contributed by atoms with van der Waals surface area (Å²) < 4.78 is 0. The van der Waals surface area contributed by atoms with Crippen LogP contribution in [0.25, 0.3) is 0 Å². The van der Waals surface area contributed by atoms with Crippen LogP contribution in [-0.2, 0) is 0 Å².